The molecule has 1 unspecified atom stereocenters. The van der Waals surface area contributed by atoms with Gasteiger partial charge in [0.25, 0.3) is 0 Å². The lowest BCUT2D eigenvalue weighted by molar-refractivity contribution is -0.148. The summed E-state index contributed by atoms with van der Waals surface area (Å²) in [5, 5.41) is 12.6. The Morgan fingerprint density at radius 3 is 2.81 bits per heavy atom. The van der Waals surface area contributed by atoms with E-state index < -0.39 is 6.10 Å². The topological polar surface area (TPSA) is 62.7 Å². The first-order chi connectivity index (χ1) is 12.8. The smallest absolute Gasteiger partial charge is 0.225 e. The van der Waals surface area contributed by atoms with Gasteiger partial charge >= 0.3 is 0 Å². The molecule has 5 nitrogen and oxygen atoms in total. The van der Waals surface area contributed by atoms with Crippen LogP contribution in [0, 0.1) is 30.1 Å². The lowest BCUT2D eigenvalue weighted by atomic mass is 9.53. The van der Waals surface area contributed by atoms with E-state index in [2.05, 4.69) is 20.8 Å². The second-order valence-electron chi connectivity index (χ2n) is 9.11. The van der Waals surface area contributed by atoms with Gasteiger partial charge in [-0.05, 0) is 43.4 Å². The highest BCUT2D eigenvalue weighted by Crippen LogP contribution is 2.57. The van der Waals surface area contributed by atoms with Crippen molar-refractivity contribution < 1.29 is 14.6 Å². The molecule has 150 valence electrons. The number of rotatable bonds is 2. The van der Waals surface area contributed by atoms with Gasteiger partial charge in [-0.25, -0.2) is 4.98 Å². The number of carbonyl (C=O) groups excluding carboxylic acids is 1. The summed E-state index contributed by atoms with van der Waals surface area (Å²) in [4.78, 5) is 21.1. The third kappa shape index (κ3) is 3.23. The average Bonchev–Trinajstić information content (AvgIpc) is 3.01. The number of ether oxygens (including phenoxy) is 1. The molecule has 2 aliphatic carbocycles. The zero-order valence-corrected chi connectivity index (χ0v) is 17.7. The van der Waals surface area contributed by atoms with Gasteiger partial charge in [-0.3, -0.25) is 4.79 Å². The van der Waals surface area contributed by atoms with Crippen molar-refractivity contribution in [3.63, 3.8) is 0 Å². The number of morpholine rings is 1. The van der Waals surface area contributed by atoms with Crippen LogP contribution in [0.5, 0.6) is 0 Å². The molecule has 6 atom stereocenters. The standard InChI is InChI=1S/C21H32N2O3S/c1-12(20(25)23-7-9-26-10-8-23)15-5-6-21(4)11-16-18(22-14(3)27-16)13(2)17(21)19(15)24/h12-13,15,17,19,24H,5-11H2,1-4H3/t12-,13-,15?,17+,19-,21-/m0/s1. The molecule has 1 saturated carbocycles. The number of nitrogens with zero attached hydrogens (tertiary/aromatic N) is 2. The minimum atomic E-state index is -0.450. The summed E-state index contributed by atoms with van der Waals surface area (Å²) in [6.45, 7) is 11.2. The number of aliphatic hydroxyl groups is 1. The van der Waals surface area contributed by atoms with Crippen LogP contribution in [0.25, 0.3) is 0 Å². The molecule has 1 amide bonds. The molecule has 0 bridgehead atoms. The average molecular weight is 393 g/mol. The zero-order chi connectivity index (χ0) is 19.3. The lowest BCUT2D eigenvalue weighted by Crippen LogP contribution is -2.54. The summed E-state index contributed by atoms with van der Waals surface area (Å²) in [6.07, 6.45) is 2.55. The fourth-order valence-electron chi connectivity index (χ4n) is 5.92. The van der Waals surface area contributed by atoms with Gasteiger partial charge in [0.15, 0.2) is 0 Å². The van der Waals surface area contributed by atoms with E-state index in [0.29, 0.717) is 26.3 Å². The molecular weight excluding hydrogens is 360 g/mol. The monoisotopic (exact) mass is 392 g/mol. The third-order valence-corrected chi connectivity index (χ3v) is 8.37. The minimum Gasteiger partial charge on any atom is -0.392 e. The number of aliphatic hydroxyl groups excluding tert-OH is 1. The van der Waals surface area contributed by atoms with E-state index in [1.54, 1.807) is 0 Å². The zero-order valence-electron chi connectivity index (χ0n) is 16.9. The summed E-state index contributed by atoms with van der Waals surface area (Å²) in [5.74, 6) is 0.479. The molecule has 1 N–H and O–H groups in total. The van der Waals surface area contributed by atoms with Gasteiger partial charge in [0, 0.05) is 29.8 Å². The van der Waals surface area contributed by atoms with E-state index in [1.165, 1.54) is 10.6 Å². The molecule has 3 aliphatic rings. The van der Waals surface area contributed by atoms with Crippen LogP contribution < -0.4 is 0 Å². The summed E-state index contributed by atoms with van der Waals surface area (Å²) in [7, 11) is 0. The Hall–Kier alpha value is -0.980. The van der Waals surface area contributed by atoms with Crippen LogP contribution in [-0.2, 0) is 16.0 Å². The fraction of sp³-hybridized carbons (Fsp3) is 0.810. The number of carbonyl (C=O) groups is 1. The Morgan fingerprint density at radius 2 is 2.11 bits per heavy atom. The van der Waals surface area contributed by atoms with Crippen molar-refractivity contribution in [2.24, 2.45) is 23.2 Å². The Balaban J connectivity index is 1.56. The number of fused-ring (bicyclic) bond motifs is 2. The first kappa shape index (κ1) is 19.3. The van der Waals surface area contributed by atoms with Crippen LogP contribution in [0.4, 0.5) is 0 Å². The molecule has 0 aromatic carbocycles. The maximum atomic E-state index is 13.0. The van der Waals surface area contributed by atoms with Crippen molar-refractivity contribution in [1.82, 2.24) is 9.88 Å². The van der Waals surface area contributed by atoms with Gasteiger partial charge in [0.1, 0.15) is 0 Å². The maximum Gasteiger partial charge on any atom is 0.225 e. The lowest BCUT2D eigenvalue weighted by Gasteiger charge is -2.53. The van der Waals surface area contributed by atoms with Gasteiger partial charge in [-0.15, -0.1) is 11.3 Å². The third-order valence-electron chi connectivity index (χ3n) is 7.38. The minimum absolute atomic E-state index is 0.0298. The summed E-state index contributed by atoms with van der Waals surface area (Å²) < 4.78 is 5.38. The number of thiazole rings is 1. The summed E-state index contributed by atoms with van der Waals surface area (Å²) in [6, 6.07) is 0. The summed E-state index contributed by atoms with van der Waals surface area (Å²) in [5.41, 5.74) is 1.29. The Morgan fingerprint density at radius 1 is 1.41 bits per heavy atom. The molecule has 1 aromatic rings. The molecule has 2 fully saturated rings. The molecule has 27 heavy (non-hydrogen) atoms. The van der Waals surface area contributed by atoms with Crippen molar-refractivity contribution >= 4 is 17.2 Å². The molecule has 2 heterocycles. The van der Waals surface area contributed by atoms with Gasteiger partial charge < -0.3 is 14.7 Å². The molecule has 6 heteroatoms. The van der Waals surface area contributed by atoms with Crippen LogP contribution in [0.3, 0.4) is 0 Å². The van der Waals surface area contributed by atoms with E-state index in [-0.39, 0.29) is 35.0 Å². The molecule has 1 aromatic heterocycles. The van der Waals surface area contributed by atoms with Crippen molar-refractivity contribution in [3.8, 4) is 0 Å². The highest BCUT2D eigenvalue weighted by Gasteiger charge is 2.54. The maximum absolute atomic E-state index is 13.0. The van der Waals surface area contributed by atoms with Crippen LogP contribution in [0.1, 0.15) is 55.1 Å². The fourth-order valence-corrected chi connectivity index (χ4v) is 7.16. The van der Waals surface area contributed by atoms with Crippen molar-refractivity contribution in [1.29, 1.82) is 0 Å². The number of aryl methyl sites for hydroxylation is 1. The number of amides is 1. The van der Waals surface area contributed by atoms with Crippen LogP contribution in [-0.4, -0.2) is 53.3 Å². The second-order valence-corrected chi connectivity index (χ2v) is 10.4. The van der Waals surface area contributed by atoms with Crippen LogP contribution >= 0.6 is 11.3 Å². The summed E-state index contributed by atoms with van der Waals surface area (Å²) >= 11 is 1.81. The highest BCUT2D eigenvalue weighted by atomic mass is 32.1. The molecule has 1 aliphatic heterocycles. The highest BCUT2D eigenvalue weighted by molar-refractivity contribution is 7.11. The van der Waals surface area contributed by atoms with Crippen LogP contribution in [0.2, 0.25) is 0 Å². The van der Waals surface area contributed by atoms with E-state index in [1.807, 2.05) is 23.2 Å². The number of aromatic nitrogens is 1. The predicted octanol–water partition coefficient (Wildman–Crippen LogP) is 3.00. The Kier molecular flexibility index (Phi) is 5.10. The molecule has 0 radical (unpaired) electrons. The number of hydrogen-bond donors (Lipinski definition) is 1. The van der Waals surface area contributed by atoms with Crippen molar-refractivity contribution in [2.45, 2.75) is 59.0 Å². The van der Waals surface area contributed by atoms with Crippen LogP contribution in [0.15, 0.2) is 0 Å². The van der Waals surface area contributed by atoms with Gasteiger partial charge in [0.2, 0.25) is 5.91 Å². The van der Waals surface area contributed by atoms with E-state index in [4.69, 9.17) is 9.72 Å². The SMILES string of the molecule is Cc1nc2c(s1)C[C@]1(C)CCC([C@H](C)C(=O)N3CCOCC3)[C@H](O)[C@H]1[C@@H]2C. The van der Waals surface area contributed by atoms with Crippen molar-refractivity contribution in [3.05, 3.63) is 15.6 Å². The van der Waals surface area contributed by atoms with Gasteiger partial charge in [0.05, 0.1) is 30.0 Å². The molecule has 0 spiro atoms. The largest absolute Gasteiger partial charge is 0.392 e. The van der Waals surface area contributed by atoms with E-state index >= 15 is 0 Å². The number of hydrogen-bond acceptors (Lipinski definition) is 5. The molecule has 1 saturated heterocycles. The predicted molar refractivity (Wildman–Crippen MR) is 106 cm³/mol. The van der Waals surface area contributed by atoms with E-state index in [0.717, 1.165) is 24.3 Å². The van der Waals surface area contributed by atoms with E-state index in [9.17, 15) is 9.90 Å². The first-order valence-corrected chi connectivity index (χ1v) is 11.1. The quantitative estimate of drug-likeness (QED) is 0.840. The van der Waals surface area contributed by atoms with Gasteiger partial charge in [-0.2, -0.15) is 0 Å². The molecular formula is C21H32N2O3S. The Labute approximate surface area is 166 Å². The molecule has 4 rings (SSSR count). The van der Waals surface area contributed by atoms with Crippen molar-refractivity contribution in [2.75, 3.05) is 26.3 Å². The first-order valence-electron chi connectivity index (χ1n) is 10.3. The second kappa shape index (κ2) is 7.12. The Bertz CT molecular complexity index is 714. The van der Waals surface area contributed by atoms with Gasteiger partial charge in [-0.1, -0.05) is 20.8 Å². The normalized spacial score (nSPS) is 37.4.